The first kappa shape index (κ1) is 21.9. The molecule has 1 atom stereocenters. The first-order valence-electron chi connectivity index (χ1n) is 9.11. The SMILES string of the molecule is COc1ccc(N(C)C(=O)C2CCCN(S(=O)(=O)c3cc(Cl)ccc3Cl)C2)cc1. The standard InChI is InChI=1S/C20H22Cl2N2O4S/c1-23(16-6-8-17(28-2)9-7-16)20(25)14-4-3-11-24(13-14)29(26,27)19-12-15(21)5-10-18(19)22/h5-10,12,14H,3-4,11,13H2,1-2H3. The number of ether oxygens (including phenoxy) is 1. The van der Waals surface area contributed by atoms with E-state index < -0.39 is 15.9 Å². The van der Waals surface area contributed by atoms with Gasteiger partial charge < -0.3 is 9.64 Å². The van der Waals surface area contributed by atoms with Crippen LogP contribution in [-0.2, 0) is 14.8 Å². The number of carbonyl (C=O) groups is 1. The number of sulfonamides is 1. The highest BCUT2D eigenvalue weighted by Gasteiger charge is 2.35. The van der Waals surface area contributed by atoms with Gasteiger partial charge in [-0.05, 0) is 55.3 Å². The van der Waals surface area contributed by atoms with Gasteiger partial charge in [-0.15, -0.1) is 0 Å². The van der Waals surface area contributed by atoms with Crippen LogP contribution in [-0.4, -0.2) is 45.9 Å². The van der Waals surface area contributed by atoms with Crippen molar-refractivity contribution in [2.75, 3.05) is 32.1 Å². The fraction of sp³-hybridized carbons (Fsp3) is 0.350. The van der Waals surface area contributed by atoms with E-state index >= 15 is 0 Å². The van der Waals surface area contributed by atoms with E-state index in [4.69, 9.17) is 27.9 Å². The van der Waals surface area contributed by atoms with Crippen LogP contribution in [0.25, 0.3) is 0 Å². The van der Waals surface area contributed by atoms with Gasteiger partial charge in [-0.25, -0.2) is 8.42 Å². The molecule has 0 spiro atoms. The summed E-state index contributed by atoms with van der Waals surface area (Å²) in [5.74, 6) is 0.124. The summed E-state index contributed by atoms with van der Waals surface area (Å²) in [4.78, 5) is 14.5. The number of anilines is 1. The number of piperidine rings is 1. The van der Waals surface area contributed by atoms with Gasteiger partial charge >= 0.3 is 0 Å². The Hall–Kier alpha value is -1.80. The number of rotatable bonds is 5. The maximum atomic E-state index is 13.1. The Morgan fingerprint density at radius 2 is 1.86 bits per heavy atom. The van der Waals surface area contributed by atoms with Crippen molar-refractivity contribution in [1.29, 1.82) is 0 Å². The molecule has 156 valence electrons. The van der Waals surface area contributed by atoms with Crippen LogP contribution in [0.5, 0.6) is 5.75 Å². The third-order valence-corrected chi connectivity index (χ3v) is 7.62. The van der Waals surface area contributed by atoms with Crippen molar-refractivity contribution < 1.29 is 17.9 Å². The molecule has 0 aromatic heterocycles. The maximum Gasteiger partial charge on any atom is 0.244 e. The molecule has 0 radical (unpaired) electrons. The molecule has 0 bridgehead atoms. The van der Waals surface area contributed by atoms with Gasteiger partial charge in [-0.1, -0.05) is 23.2 Å². The molecule has 1 heterocycles. The maximum absolute atomic E-state index is 13.1. The number of hydrogen-bond acceptors (Lipinski definition) is 4. The second kappa shape index (κ2) is 8.92. The zero-order valence-corrected chi connectivity index (χ0v) is 18.5. The molecule has 0 N–H and O–H groups in total. The minimum absolute atomic E-state index is 0.0386. The zero-order chi connectivity index (χ0) is 21.2. The first-order chi connectivity index (χ1) is 13.7. The van der Waals surface area contributed by atoms with Gasteiger partial charge in [0.05, 0.1) is 18.1 Å². The number of methoxy groups -OCH3 is 1. The van der Waals surface area contributed by atoms with Gasteiger partial charge in [-0.2, -0.15) is 4.31 Å². The Labute approximate surface area is 181 Å². The normalized spacial score (nSPS) is 17.7. The third-order valence-electron chi connectivity index (χ3n) is 5.03. The molecule has 1 aliphatic rings. The van der Waals surface area contributed by atoms with Crippen LogP contribution in [0.1, 0.15) is 12.8 Å². The Kier molecular flexibility index (Phi) is 6.73. The topological polar surface area (TPSA) is 66.9 Å². The van der Waals surface area contributed by atoms with Crippen LogP contribution in [0.4, 0.5) is 5.69 Å². The smallest absolute Gasteiger partial charge is 0.244 e. The van der Waals surface area contributed by atoms with Crippen molar-refractivity contribution in [3.63, 3.8) is 0 Å². The lowest BCUT2D eigenvalue weighted by Gasteiger charge is -2.33. The number of hydrogen-bond donors (Lipinski definition) is 0. The second-order valence-electron chi connectivity index (χ2n) is 6.87. The van der Waals surface area contributed by atoms with E-state index in [2.05, 4.69) is 0 Å². The fourth-order valence-electron chi connectivity index (χ4n) is 3.38. The lowest BCUT2D eigenvalue weighted by molar-refractivity contribution is -0.123. The quantitative estimate of drug-likeness (QED) is 0.679. The van der Waals surface area contributed by atoms with Crippen LogP contribution in [0.2, 0.25) is 10.0 Å². The molecule has 1 saturated heterocycles. The van der Waals surface area contributed by atoms with E-state index in [9.17, 15) is 13.2 Å². The summed E-state index contributed by atoms with van der Waals surface area (Å²) >= 11 is 12.1. The number of benzene rings is 2. The predicted octanol–water partition coefficient (Wildman–Crippen LogP) is 4.07. The molecule has 1 amide bonds. The molecule has 1 fully saturated rings. The van der Waals surface area contributed by atoms with Gasteiger partial charge in [0.25, 0.3) is 0 Å². The average molecular weight is 457 g/mol. The summed E-state index contributed by atoms with van der Waals surface area (Å²) in [7, 11) is -0.589. The second-order valence-corrected chi connectivity index (χ2v) is 9.62. The van der Waals surface area contributed by atoms with E-state index in [1.54, 1.807) is 43.3 Å². The van der Waals surface area contributed by atoms with Gasteiger partial charge in [0.1, 0.15) is 10.6 Å². The molecule has 0 saturated carbocycles. The largest absolute Gasteiger partial charge is 0.497 e. The van der Waals surface area contributed by atoms with Gasteiger partial charge in [-0.3, -0.25) is 4.79 Å². The minimum Gasteiger partial charge on any atom is -0.497 e. The van der Waals surface area contributed by atoms with Crippen LogP contribution >= 0.6 is 23.2 Å². The lowest BCUT2D eigenvalue weighted by atomic mass is 9.98. The first-order valence-corrected chi connectivity index (χ1v) is 11.3. The van der Waals surface area contributed by atoms with E-state index in [0.29, 0.717) is 30.8 Å². The molecule has 1 aliphatic heterocycles. The Morgan fingerprint density at radius 3 is 2.52 bits per heavy atom. The Balaban J connectivity index is 1.78. The zero-order valence-electron chi connectivity index (χ0n) is 16.1. The molecule has 2 aromatic carbocycles. The van der Waals surface area contributed by atoms with Crippen molar-refractivity contribution in [3.05, 3.63) is 52.5 Å². The highest BCUT2D eigenvalue weighted by Crippen LogP contribution is 2.31. The van der Waals surface area contributed by atoms with E-state index in [1.807, 2.05) is 0 Å². The summed E-state index contributed by atoms with van der Waals surface area (Å²) in [6.07, 6.45) is 1.21. The summed E-state index contributed by atoms with van der Waals surface area (Å²) < 4.78 is 32.6. The molecule has 3 rings (SSSR count). The number of nitrogens with zero attached hydrogens (tertiary/aromatic N) is 2. The molecular formula is C20H22Cl2N2O4S. The summed E-state index contributed by atoms with van der Waals surface area (Å²) in [5.41, 5.74) is 0.716. The Bertz CT molecular complexity index is 996. The molecule has 9 heteroatoms. The highest BCUT2D eigenvalue weighted by molar-refractivity contribution is 7.89. The monoisotopic (exact) mass is 456 g/mol. The van der Waals surface area contributed by atoms with Gasteiger partial charge in [0.15, 0.2) is 0 Å². The van der Waals surface area contributed by atoms with E-state index in [1.165, 1.54) is 22.5 Å². The van der Waals surface area contributed by atoms with E-state index in [0.717, 1.165) is 0 Å². The molecule has 1 unspecified atom stereocenters. The van der Waals surface area contributed by atoms with Crippen molar-refractivity contribution in [2.24, 2.45) is 5.92 Å². The van der Waals surface area contributed by atoms with Crippen LogP contribution in [0.3, 0.4) is 0 Å². The molecule has 29 heavy (non-hydrogen) atoms. The van der Waals surface area contributed by atoms with Crippen LogP contribution in [0.15, 0.2) is 47.4 Å². The van der Waals surface area contributed by atoms with Gasteiger partial charge in [0.2, 0.25) is 15.9 Å². The molecule has 0 aliphatic carbocycles. The Morgan fingerprint density at radius 1 is 1.17 bits per heavy atom. The van der Waals surface area contributed by atoms with Crippen molar-refractivity contribution in [1.82, 2.24) is 4.31 Å². The van der Waals surface area contributed by atoms with Crippen molar-refractivity contribution in [2.45, 2.75) is 17.7 Å². The predicted molar refractivity (Wildman–Crippen MR) is 114 cm³/mol. The van der Waals surface area contributed by atoms with Crippen LogP contribution < -0.4 is 9.64 Å². The van der Waals surface area contributed by atoms with Crippen LogP contribution in [0, 0.1) is 5.92 Å². The average Bonchev–Trinajstić information content (AvgIpc) is 2.74. The van der Waals surface area contributed by atoms with Crippen molar-refractivity contribution >= 4 is 44.8 Å². The third kappa shape index (κ3) is 4.69. The highest BCUT2D eigenvalue weighted by atomic mass is 35.5. The lowest BCUT2D eigenvalue weighted by Crippen LogP contribution is -2.46. The molecule has 6 nitrogen and oxygen atoms in total. The summed E-state index contributed by atoms with van der Waals surface area (Å²) in [5, 5.41) is 0.398. The number of amides is 1. The molecular weight excluding hydrogens is 435 g/mol. The van der Waals surface area contributed by atoms with Crippen molar-refractivity contribution in [3.8, 4) is 5.75 Å². The summed E-state index contributed by atoms with van der Waals surface area (Å²) in [6, 6.07) is 11.5. The number of halogens is 2. The number of carbonyl (C=O) groups excluding carboxylic acids is 1. The fourth-order valence-corrected chi connectivity index (χ4v) is 5.64. The van der Waals surface area contributed by atoms with E-state index in [-0.39, 0.29) is 27.4 Å². The van der Waals surface area contributed by atoms with Gasteiger partial charge in [0, 0.05) is 30.8 Å². The molecule has 2 aromatic rings. The minimum atomic E-state index is -3.85. The summed E-state index contributed by atoms with van der Waals surface area (Å²) in [6.45, 7) is 0.436.